The quantitative estimate of drug-likeness (QED) is 0.867. The summed E-state index contributed by atoms with van der Waals surface area (Å²) in [6, 6.07) is 7.46. The highest BCUT2D eigenvalue weighted by Crippen LogP contribution is 2.35. The fourth-order valence-electron chi connectivity index (χ4n) is 2.72. The Balaban J connectivity index is 1.88. The smallest absolute Gasteiger partial charge is 0.387 e. The van der Waals surface area contributed by atoms with E-state index in [0.29, 0.717) is 18.0 Å². The molecule has 2 nitrogen and oxygen atoms in total. The molecule has 0 aromatic heterocycles. The Morgan fingerprint density at radius 2 is 1.90 bits per heavy atom. The van der Waals surface area contributed by atoms with Crippen LogP contribution in [0.4, 0.5) is 8.78 Å². The maximum absolute atomic E-state index is 12.3. The normalized spacial score (nSPS) is 19.2. The number of ether oxygens (including phenoxy) is 1. The minimum Gasteiger partial charge on any atom is -0.434 e. The second-order valence-electron chi connectivity index (χ2n) is 6.31. The summed E-state index contributed by atoms with van der Waals surface area (Å²) in [5, 5.41) is 3.46. The molecule has 2 rings (SSSR count). The van der Waals surface area contributed by atoms with Crippen LogP contribution in [0.2, 0.25) is 0 Å². The molecule has 0 bridgehead atoms. The summed E-state index contributed by atoms with van der Waals surface area (Å²) in [7, 11) is 0. The number of halogens is 2. The van der Waals surface area contributed by atoms with Gasteiger partial charge in [0.25, 0.3) is 0 Å². The van der Waals surface area contributed by atoms with Crippen LogP contribution in [-0.2, 0) is 6.54 Å². The van der Waals surface area contributed by atoms with Crippen molar-refractivity contribution in [3.8, 4) is 5.75 Å². The molecule has 0 spiro atoms. The van der Waals surface area contributed by atoms with Gasteiger partial charge in [-0.2, -0.15) is 8.78 Å². The van der Waals surface area contributed by atoms with Crippen LogP contribution in [0.5, 0.6) is 5.75 Å². The van der Waals surface area contributed by atoms with E-state index >= 15 is 0 Å². The molecule has 1 saturated carbocycles. The van der Waals surface area contributed by atoms with Crippen molar-refractivity contribution in [1.29, 1.82) is 0 Å². The van der Waals surface area contributed by atoms with Gasteiger partial charge in [0.1, 0.15) is 5.75 Å². The molecule has 1 aliphatic carbocycles. The molecule has 0 amide bonds. The molecule has 0 aliphatic heterocycles. The van der Waals surface area contributed by atoms with E-state index in [1.807, 2.05) is 12.1 Å². The van der Waals surface area contributed by atoms with Crippen molar-refractivity contribution in [1.82, 2.24) is 5.32 Å². The van der Waals surface area contributed by atoms with E-state index in [9.17, 15) is 8.78 Å². The Kier molecular flexibility index (Phi) is 4.97. The maximum Gasteiger partial charge on any atom is 0.387 e. The molecule has 0 saturated heterocycles. The first-order valence-electron chi connectivity index (χ1n) is 7.22. The molecular formula is C16H23F2NO. The van der Waals surface area contributed by atoms with E-state index in [1.165, 1.54) is 12.8 Å². The highest BCUT2D eigenvalue weighted by molar-refractivity contribution is 5.33. The van der Waals surface area contributed by atoms with Gasteiger partial charge in [-0.25, -0.2) is 0 Å². The molecule has 0 heterocycles. The Hall–Kier alpha value is -1.16. The molecule has 1 fully saturated rings. The van der Waals surface area contributed by atoms with Crippen molar-refractivity contribution in [3.05, 3.63) is 29.8 Å². The number of para-hydroxylation sites is 1. The van der Waals surface area contributed by atoms with Crippen LogP contribution in [0, 0.1) is 5.41 Å². The third kappa shape index (κ3) is 4.44. The maximum atomic E-state index is 12.3. The van der Waals surface area contributed by atoms with Crippen LogP contribution < -0.4 is 10.1 Å². The Bertz CT molecular complexity index is 424. The number of hydrogen-bond donors (Lipinski definition) is 1. The van der Waals surface area contributed by atoms with Crippen molar-refractivity contribution in [2.75, 3.05) is 0 Å². The summed E-state index contributed by atoms with van der Waals surface area (Å²) in [5.74, 6) is 0.270. The first-order chi connectivity index (χ1) is 9.46. The van der Waals surface area contributed by atoms with Crippen LogP contribution in [0.25, 0.3) is 0 Å². The van der Waals surface area contributed by atoms with Gasteiger partial charge >= 0.3 is 6.61 Å². The first kappa shape index (κ1) is 15.2. The van der Waals surface area contributed by atoms with Gasteiger partial charge in [0.05, 0.1) is 0 Å². The van der Waals surface area contributed by atoms with Crippen molar-refractivity contribution in [2.45, 2.75) is 58.7 Å². The summed E-state index contributed by atoms with van der Waals surface area (Å²) in [6.07, 6.45) is 4.70. The second kappa shape index (κ2) is 6.53. The van der Waals surface area contributed by atoms with Crippen molar-refractivity contribution >= 4 is 0 Å². The summed E-state index contributed by atoms with van der Waals surface area (Å²) >= 11 is 0. The molecule has 1 aromatic carbocycles. The number of rotatable bonds is 5. The molecule has 1 N–H and O–H groups in total. The summed E-state index contributed by atoms with van der Waals surface area (Å²) in [5.41, 5.74) is 1.23. The molecule has 1 aromatic rings. The Morgan fingerprint density at radius 3 is 2.55 bits per heavy atom. The minimum absolute atomic E-state index is 0.270. The van der Waals surface area contributed by atoms with Gasteiger partial charge in [-0.3, -0.25) is 0 Å². The Labute approximate surface area is 119 Å². The van der Waals surface area contributed by atoms with Crippen molar-refractivity contribution in [2.24, 2.45) is 5.41 Å². The van der Waals surface area contributed by atoms with Crippen LogP contribution in [0.3, 0.4) is 0 Å². The van der Waals surface area contributed by atoms with Crippen LogP contribution >= 0.6 is 0 Å². The molecule has 112 valence electrons. The van der Waals surface area contributed by atoms with Crippen molar-refractivity contribution < 1.29 is 13.5 Å². The SMILES string of the molecule is CC1(C)CCC(NCc2ccccc2OC(F)F)CC1. The van der Waals surface area contributed by atoms with Gasteiger partial charge in [0.2, 0.25) is 0 Å². The fraction of sp³-hybridized carbons (Fsp3) is 0.625. The molecule has 20 heavy (non-hydrogen) atoms. The topological polar surface area (TPSA) is 21.3 Å². The predicted octanol–water partition coefficient (Wildman–Crippen LogP) is 4.35. The van der Waals surface area contributed by atoms with Gasteiger partial charge < -0.3 is 10.1 Å². The fourth-order valence-corrected chi connectivity index (χ4v) is 2.72. The zero-order valence-corrected chi connectivity index (χ0v) is 12.2. The van der Waals surface area contributed by atoms with Crippen molar-refractivity contribution in [3.63, 3.8) is 0 Å². The largest absolute Gasteiger partial charge is 0.434 e. The van der Waals surface area contributed by atoms with Crippen LogP contribution in [0.1, 0.15) is 45.1 Å². The van der Waals surface area contributed by atoms with E-state index in [2.05, 4.69) is 23.9 Å². The van der Waals surface area contributed by atoms with E-state index in [-0.39, 0.29) is 5.75 Å². The monoisotopic (exact) mass is 283 g/mol. The lowest BCUT2D eigenvalue weighted by Gasteiger charge is -2.34. The summed E-state index contributed by atoms with van der Waals surface area (Å²) in [6.45, 7) is 2.41. The lowest BCUT2D eigenvalue weighted by Crippen LogP contribution is -2.35. The number of benzene rings is 1. The van der Waals surface area contributed by atoms with E-state index in [0.717, 1.165) is 18.4 Å². The lowest BCUT2D eigenvalue weighted by atomic mass is 9.75. The van der Waals surface area contributed by atoms with E-state index in [4.69, 9.17) is 0 Å². The average molecular weight is 283 g/mol. The van der Waals surface area contributed by atoms with Gasteiger partial charge in [0, 0.05) is 18.2 Å². The number of nitrogens with one attached hydrogen (secondary N) is 1. The lowest BCUT2D eigenvalue weighted by molar-refractivity contribution is -0.0505. The van der Waals surface area contributed by atoms with Gasteiger partial charge in [0.15, 0.2) is 0 Å². The second-order valence-corrected chi connectivity index (χ2v) is 6.31. The van der Waals surface area contributed by atoms with Crippen LogP contribution in [0.15, 0.2) is 24.3 Å². The van der Waals surface area contributed by atoms with Gasteiger partial charge in [-0.1, -0.05) is 32.0 Å². The highest BCUT2D eigenvalue weighted by atomic mass is 19.3. The summed E-state index contributed by atoms with van der Waals surface area (Å²) < 4.78 is 29.2. The van der Waals surface area contributed by atoms with Crippen LogP contribution in [-0.4, -0.2) is 12.7 Å². The third-order valence-electron chi connectivity index (χ3n) is 4.11. The predicted molar refractivity (Wildman–Crippen MR) is 76.0 cm³/mol. The summed E-state index contributed by atoms with van der Waals surface area (Å²) in [4.78, 5) is 0. The molecule has 0 radical (unpaired) electrons. The number of hydrogen-bond acceptors (Lipinski definition) is 2. The Morgan fingerprint density at radius 1 is 1.25 bits per heavy atom. The molecule has 1 aliphatic rings. The molecular weight excluding hydrogens is 260 g/mol. The first-order valence-corrected chi connectivity index (χ1v) is 7.22. The molecule has 0 unspecified atom stereocenters. The average Bonchev–Trinajstić information content (AvgIpc) is 2.38. The van der Waals surface area contributed by atoms with E-state index < -0.39 is 6.61 Å². The zero-order valence-electron chi connectivity index (χ0n) is 12.2. The molecule has 0 atom stereocenters. The van der Waals surface area contributed by atoms with Gasteiger partial charge in [-0.15, -0.1) is 0 Å². The van der Waals surface area contributed by atoms with E-state index in [1.54, 1.807) is 12.1 Å². The highest BCUT2D eigenvalue weighted by Gasteiger charge is 2.26. The standard InChI is InChI=1S/C16H23F2NO/c1-16(2)9-7-13(8-10-16)19-11-12-5-3-4-6-14(12)20-15(17)18/h3-6,13,15,19H,7-11H2,1-2H3. The number of alkyl halides is 2. The van der Waals surface area contributed by atoms with Gasteiger partial charge in [-0.05, 0) is 37.2 Å². The molecule has 4 heteroatoms. The third-order valence-corrected chi connectivity index (χ3v) is 4.11. The zero-order chi connectivity index (χ0) is 14.6. The minimum atomic E-state index is -2.77.